The number of rotatable bonds is 7. The third-order valence-corrected chi connectivity index (χ3v) is 5.84. The second-order valence-corrected chi connectivity index (χ2v) is 8.25. The Morgan fingerprint density at radius 3 is 2.25 bits per heavy atom. The van der Waals surface area contributed by atoms with Gasteiger partial charge in [0, 0.05) is 23.0 Å². The number of ether oxygens (including phenoxy) is 4. The van der Waals surface area contributed by atoms with Crippen molar-refractivity contribution in [1.29, 1.82) is 0 Å². The second-order valence-electron chi connectivity index (χ2n) is 8.25. The molecular weight excluding hydrogens is 430 g/mol. The van der Waals surface area contributed by atoms with Gasteiger partial charge in [0.15, 0.2) is 6.10 Å². The quantitative estimate of drug-likeness (QED) is 0.326. The number of hydrogen-bond acceptors (Lipinski definition) is 8. The largest absolute Gasteiger partial charge is 0.464 e. The summed E-state index contributed by atoms with van der Waals surface area (Å²) in [5, 5.41) is 0. The first-order valence-electron chi connectivity index (χ1n) is 10.2. The molecule has 1 aliphatic heterocycles. The van der Waals surface area contributed by atoms with Gasteiger partial charge in [0.1, 0.15) is 12.2 Å². The van der Waals surface area contributed by atoms with Crippen LogP contribution in [0, 0.1) is 17.8 Å². The highest BCUT2D eigenvalue weighted by Crippen LogP contribution is 2.55. The highest BCUT2D eigenvalue weighted by atomic mass is 19.3. The molecule has 2 aliphatic carbocycles. The minimum atomic E-state index is -3.85. The average molecular weight is 458 g/mol. The van der Waals surface area contributed by atoms with Crippen LogP contribution >= 0.6 is 0 Å². The van der Waals surface area contributed by atoms with E-state index in [0.717, 1.165) is 20.0 Å². The third-order valence-electron chi connectivity index (χ3n) is 5.84. The highest BCUT2D eigenvalue weighted by molar-refractivity contribution is 5.88. The van der Waals surface area contributed by atoms with Crippen LogP contribution in [0.25, 0.3) is 0 Å². The van der Waals surface area contributed by atoms with Crippen molar-refractivity contribution in [1.82, 2.24) is 0 Å². The predicted octanol–water partition coefficient (Wildman–Crippen LogP) is 2.75. The molecule has 0 radical (unpaired) electrons. The molecule has 0 N–H and O–H groups in total. The minimum Gasteiger partial charge on any atom is -0.464 e. The minimum absolute atomic E-state index is 0.0147. The Hall–Kier alpha value is -2.78. The number of esters is 4. The molecule has 6 unspecified atom stereocenters. The molecule has 2 saturated carbocycles. The molecule has 3 rings (SSSR count). The summed E-state index contributed by atoms with van der Waals surface area (Å²) in [4.78, 5) is 44.8. The summed E-state index contributed by atoms with van der Waals surface area (Å²) in [6, 6.07) is 0. The van der Waals surface area contributed by atoms with Crippen molar-refractivity contribution in [2.45, 2.75) is 64.3 Å². The smallest absolute Gasteiger partial charge is 0.380 e. The Kier molecular flexibility index (Phi) is 7.79. The summed E-state index contributed by atoms with van der Waals surface area (Å²) in [6.07, 6.45) is -0.717. The van der Waals surface area contributed by atoms with E-state index in [0.29, 0.717) is 11.5 Å². The molecule has 0 amide bonds. The fourth-order valence-electron chi connectivity index (χ4n) is 4.20. The zero-order valence-corrected chi connectivity index (χ0v) is 18.5. The van der Waals surface area contributed by atoms with Crippen LogP contribution in [0.15, 0.2) is 24.3 Å². The Balaban J connectivity index is 0.000000227. The zero-order valence-electron chi connectivity index (χ0n) is 18.5. The maximum Gasteiger partial charge on any atom is 0.380 e. The summed E-state index contributed by atoms with van der Waals surface area (Å²) in [5.41, 5.74) is 0.378. The van der Waals surface area contributed by atoms with E-state index < -0.39 is 24.0 Å². The van der Waals surface area contributed by atoms with Crippen LogP contribution in [0.4, 0.5) is 8.78 Å². The van der Waals surface area contributed by atoms with E-state index >= 15 is 0 Å². The van der Waals surface area contributed by atoms with E-state index in [1.807, 2.05) is 0 Å². The van der Waals surface area contributed by atoms with Crippen LogP contribution in [-0.2, 0) is 38.1 Å². The van der Waals surface area contributed by atoms with Crippen molar-refractivity contribution in [2.75, 3.05) is 7.11 Å². The molecule has 10 heteroatoms. The number of methoxy groups -OCH3 is 1. The molecule has 1 saturated heterocycles. The molecule has 178 valence electrons. The number of alkyl halides is 2. The van der Waals surface area contributed by atoms with Crippen molar-refractivity contribution in [3.05, 3.63) is 24.3 Å². The van der Waals surface area contributed by atoms with Crippen molar-refractivity contribution in [3.8, 4) is 0 Å². The summed E-state index contributed by atoms with van der Waals surface area (Å²) < 4.78 is 45.7. The van der Waals surface area contributed by atoms with Gasteiger partial charge in [-0.3, -0.25) is 4.79 Å². The van der Waals surface area contributed by atoms with Gasteiger partial charge in [-0.2, -0.15) is 8.78 Å². The highest BCUT2D eigenvalue weighted by Gasteiger charge is 2.63. The molecule has 32 heavy (non-hydrogen) atoms. The Morgan fingerprint density at radius 1 is 1.16 bits per heavy atom. The maximum absolute atomic E-state index is 13.3. The lowest BCUT2D eigenvalue weighted by Gasteiger charge is -2.25. The van der Waals surface area contributed by atoms with Gasteiger partial charge in [-0.15, -0.1) is 0 Å². The van der Waals surface area contributed by atoms with E-state index in [1.54, 1.807) is 6.92 Å². The SMILES string of the molecule is C=C(C)C(=O)OC(CC)C(F)(F)C(=O)OC.C=C(C)C(=O)OC1C2CC3C(=O)OC1C3C2. The van der Waals surface area contributed by atoms with Gasteiger partial charge in [0.25, 0.3) is 0 Å². The van der Waals surface area contributed by atoms with Crippen LogP contribution in [0.3, 0.4) is 0 Å². The molecule has 6 atom stereocenters. The van der Waals surface area contributed by atoms with Crippen LogP contribution < -0.4 is 0 Å². The van der Waals surface area contributed by atoms with Gasteiger partial charge in [-0.1, -0.05) is 20.1 Å². The number of hydrogen-bond donors (Lipinski definition) is 0. The molecule has 0 aromatic carbocycles. The third kappa shape index (κ3) is 4.99. The summed E-state index contributed by atoms with van der Waals surface area (Å²) >= 11 is 0. The zero-order chi connectivity index (χ0) is 24.4. The summed E-state index contributed by atoms with van der Waals surface area (Å²) in [6.45, 7) is 11.1. The van der Waals surface area contributed by atoms with Gasteiger partial charge in [0.2, 0.25) is 0 Å². The van der Waals surface area contributed by atoms with E-state index in [4.69, 9.17) is 9.47 Å². The van der Waals surface area contributed by atoms with Gasteiger partial charge in [-0.25, -0.2) is 14.4 Å². The van der Waals surface area contributed by atoms with Crippen molar-refractivity contribution in [3.63, 3.8) is 0 Å². The molecule has 0 spiro atoms. The van der Waals surface area contributed by atoms with Crippen LogP contribution in [-0.4, -0.2) is 55.2 Å². The van der Waals surface area contributed by atoms with Gasteiger partial charge < -0.3 is 18.9 Å². The molecular formula is C22H28F2O8. The summed E-state index contributed by atoms with van der Waals surface area (Å²) in [5.74, 6) is -6.38. The Bertz CT molecular complexity index is 821. The predicted molar refractivity (Wildman–Crippen MR) is 106 cm³/mol. The number of halogens is 2. The molecule has 3 aliphatic rings. The standard InChI is InChI=1S/C12H14O4.C10H14F2O4/c1-5(2)11(13)15-9-6-3-7-8(4-6)12(14)16-10(7)9;1-5-7(16-8(13)6(2)3)10(11,12)9(14)15-4/h6-10H,1,3-4H2,2H3;7H,2,5H2,1,3-4H3. The summed E-state index contributed by atoms with van der Waals surface area (Å²) in [7, 11) is 0.837. The Morgan fingerprint density at radius 2 is 1.75 bits per heavy atom. The van der Waals surface area contributed by atoms with Crippen molar-refractivity contribution >= 4 is 23.9 Å². The van der Waals surface area contributed by atoms with E-state index in [2.05, 4.69) is 22.6 Å². The van der Waals surface area contributed by atoms with Crippen molar-refractivity contribution < 1.29 is 46.9 Å². The van der Waals surface area contributed by atoms with E-state index in [1.165, 1.54) is 13.8 Å². The molecule has 3 fully saturated rings. The normalized spacial score (nSPS) is 28.1. The fourth-order valence-corrected chi connectivity index (χ4v) is 4.20. The fraction of sp³-hybridized carbons (Fsp3) is 0.636. The lowest BCUT2D eigenvalue weighted by Crippen LogP contribution is -2.44. The van der Waals surface area contributed by atoms with Crippen LogP contribution in [0.1, 0.15) is 40.0 Å². The lowest BCUT2D eigenvalue weighted by atomic mass is 9.88. The van der Waals surface area contributed by atoms with E-state index in [9.17, 15) is 28.0 Å². The molecule has 2 bridgehead atoms. The monoisotopic (exact) mass is 458 g/mol. The number of fused-ring (bicyclic) bond motifs is 1. The topological polar surface area (TPSA) is 105 Å². The molecule has 8 nitrogen and oxygen atoms in total. The van der Waals surface area contributed by atoms with Crippen molar-refractivity contribution in [2.24, 2.45) is 17.8 Å². The van der Waals surface area contributed by atoms with E-state index in [-0.39, 0.29) is 48.0 Å². The van der Waals surface area contributed by atoms with Gasteiger partial charge in [0.05, 0.1) is 13.0 Å². The Labute approximate surface area is 184 Å². The second kappa shape index (κ2) is 9.79. The first-order chi connectivity index (χ1) is 14.8. The average Bonchev–Trinajstić information content (AvgIpc) is 3.36. The number of carbonyl (C=O) groups excluding carboxylic acids is 4. The molecule has 1 heterocycles. The first kappa shape index (κ1) is 25.5. The lowest BCUT2D eigenvalue weighted by molar-refractivity contribution is -0.194. The van der Waals surface area contributed by atoms with Gasteiger partial charge >= 0.3 is 29.8 Å². The van der Waals surface area contributed by atoms with Gasteiger partial charge in [-0.05, 0) is 33.1 Å². The molecule has 0 aromatic heterocycles. The number of carbonyl (C=O) groups is 4. The van der Waals surface area contributed by atoms with Crippen LogP contribution in [0.2, 0.25) is 0 Å². The first-order valence-corrected chi connectivity index (χ1v) is 10.2. The van der Waals surface area contributed by atoms with Crippen LogP contribution in [0.5, 0.6) is 0 Å². The maximum atomic E-state index is 13.3. The molecule has 0 aromatic rings.